The van der Waals surface area contributed by atoms with E-state index in [-0.39, 0.29) is 17.2 Å². The van der Waals surface area contributed by atoms with Crippen LogP contribution in [-0.2, 0) is 11.2 Å². The molecule has 0 saturated carbocycles. The van der Waals surface area contributed by atoms with E-state index in [9.17, 15) is 0 Å². The lowest BCUT2D eigenvalue weighted by Gasteiger charge is -2.49. The van der Waals surface area contributed by atoms with Crippen molar-refractivity contribution in [2.75, 3.05) is 19.6 Å². The highest BCUT2D eigenvalue weighted by Crippen LogP contribution is 2.33. The normalized spacial score (nSPS) is 23.0. The van der Waals surface area contributed by atoms with Gasteiger partial charge in [-0.25, -0.2) is 0 Å². The summed E-state index contributed by atoms with van der Waals surface area (Å²) in [7, 11) is 0. The molecule has 1 aliphatic heterocycles. The molecule has 1 aliphatic rings. The van der Waals surface area contributed by atoms with Gasteiger partial charge in [0.1, 0.15) is 0 Å². The maximum absolute atomic E-state index is 6.18. The minimum Gasteiger partial charge on any atom is -0.367 e. The molecule has 0 aliphatic carbocycles. The van der Waals surface area contributed by atoms with Crippen LogP contribution in [-0.4, -0.2) is 35.7 Å². The predicted octanol–water partition coefficient (Wildman–Crippen LogP) is 3.14. The van der Waals surface area contributed by atoms with Crippen LogP contribution >= 0.6 is 0 Å². The van der Waals surface area contributed by atoms with Gasteiger partial charge in [-0.15, -0.1) is 0 Å². The number of nitrogens with two attached hydrogens (primary N) is 1. The Morgan fingerprint density at radius 2 is 1.62 bits per heavy atom. The SMILES string of the molecule is CCc1ccc(C(CN)N2CC(C)(C)OC(C)(C)C2)cc1. The first kappa shape index (κ1) is 16.5. The van der Waals surface area contributed by atoms with E-state index in [1.807, 2.05) is 0 Å². The smallest absolute Gasteiger partial charge is 0.0761 e. The quantitative estimate of drug-likeness (QED) is 0.926. The van der Waals surface area contributed by atoms with Crippen LogP contribution in [0.15, 0.2) is 24.3 Å². The topological polar surface area (TPSA) is 38.5 Å². The fraction of sp³-hybridized carbons (Fsp3) is 0.667. The van der Waals surface area contributed by atoms with Crippen molar-refractivity contribution in [2.45, 2.75) is 58.3 Å². The second-order valence-corrected chi connectivity index (χ2v) is 7.37. The molecule has 0 radical (unpaired) electrons. The van der Waals surface area contributed by atoms with E-state index in [4.69, 9.17) is 10.5 Å². The van der Waals surface area contributed by atoms with Crippen LogP contribution in [0.2, 0.25) is 0 Å². The van der Waals surface area contributed by atoms with Crippen molar-refractivity contribution in [3.05, 3.63) is 35.4 Å². The van der Waals surface area contributed by atoms with Crippen LogP contribution in [0.3, 0.4) is 0 Å². The lowest BCUT2D eigenvalue weighted by Crippen LogP contribution is -2.58. The van der Waals surface area contributed by atoms with Crippen LogP contribution in [0.1, 0.15) is 51.8 Å². The van der Waals surface area contributed by atoms with Gasteiger partial charge in [0.2, 0.25) is 0 Å². The Morgan fingerprint density at radius 1 is 1.10 bits per heavy atom. The zero-order chi connectivity index (χ0) is 15.7. The minimum atomic E-state index is -0.140. The van der Waals surface area contributed by atoms with Gasteiger partial charge in [-0.1, -0.05) is 31.2 Å². The fourth-order valence-corrected chi connectivity index (χ4v) is 3.54. The molecule has 3 heteroatoms. The van der Waals surface area contributed by atoms with Gasteiger partial charge in [-0.2, -0.15) is 0 Å². The molecule has 2 rings (SSSR count). The molecule has 1 unspecified atom stereocenters. The highest BCUT2D eigenvalue weighted by molar-refractivity contribution is 5.25. The third kappa shape index (κ3) is 4.06. The Labute approximate surface area is 129 Å². The summed E-state index contributed by atoms with van der Waals surface area (Å²) in [6.45, 7) is 13.3. The third-order valence-corrected chi connectivity index (χ3v) is 4.16. The van der Waals surface area contributed by atoms with Crippen molar-refractivity contribution < 1.29 is 4.74 Å². The highest BCUT2D eigenvalue weighted by atomic mass is 16.5. The average Bonchev–Trinajstić information content (AvgIpc) is 2.37. The monoisotopic (exact) mass is 290 g/mol. The predicted molar refractivity (Wildman–Crippen MR) is 88.4 cm³/mol. The number of hydrogen-bond donors (Lipinski definition) is 1. The molecule has 1 fully saturated rings. The van der Waals surface area contributed by atoms with Crippen molar-refractivity contribution in [2.24, 2.45) is 5.73 Å². The fourth-order valence-electron chi connectivity index (χ4n) is 3.54. The molecule has 1 atom stereocenters. The number of morpholine rings is 1. The molecule has 1 saturated heterocycles. The van der Waals surface area contributed by atoms with Crippen molar-refractivity contribution >= 4 is 0 Å². The lowest BCUT2D eigenvalue weighted by atomic mass is 9.94. The molecule has 0 bridgehead atoms. The molecule has 1 heterocycles. The Bertz CT molecular complexity index is 449. The highest BCUT2D eigenvalue weighted by Gasteiger charge is 2.40. The molecule has 0 amide bonds. The molecular formula is C18H30N2O. The molecule has 3 nitrogen and oxygen atoms in total. The van der Waals surface area contributed by atoms with Crippen molar-refractivity contribution in [1.29, 1.82) is 0 Å². The van der Waals surface area contributed by atoms with Crippen LogP contribution in [0.25, 0.3) is 0 Å². The van der Waals surface area contributed by atoms with Crippen LogP contribution in [0, 0.1) is 0 Å². The lowest BCUT2D eigenvalue weighted by molar-refractivity contribution is -0.187. The molecule has 1 aromatic carbocycles. The summed E-state index contributed by atoms with van der Waals surface area (Å²) in [5.74, 6) is 0. The summed E-state index contributed by atoms with van der Waals surface area (Å²) in [5, 5.41) is 0. The number of benzene rings is 1. The Kier molecular flexibility index (Phi) is 4.76. The van der Waals surface area contributed by atoms with Crippen molar-refractivity contribution in [3.8, 4) is 0 Å². The summed E-state index contributed by atoms with van der Waals surface area (Å²) in [6.07, 6.45) is 1.07. The molecule has 0 aromatic heterocycles. The summed E-state index contributed by atoms with van der Waals surface area (Å²) in [6, 6.07) is 9.15. The van der Waals surface area contributed by atoms with E-state index < -0.39 is 0 Å². The maximum atomic E-state index is 6.18. The zero-order valence-electron chi connectivity index (χ0n) is 14.1. The first-order valence-corrected chi connectivity index (χ1v) is 7.99. The van der Waals surface area contributed by atoms with Gasteiger partial charge in [-0.3, -0.25) is 4.90 Å². The molecule has 2 N–H and O–H groups in total. The Morgan fingerprint density at radius 3 is 2.05 bits per heavy atom. The largest absolute Gasteiger partial charge is 0.367 e. The summed E-state index contributed by atoms with van der Waals surface area (Å²) < 4.78 is 6.18. The van der Waals surface area contributed by atoms with Gasteiger partial charge < -0.3 is 10.5 Å². The Hall–Kier alpha value is -0.900. The van der Waals surface area contributed by atoms with E-state index in [0.717, 1.165) is 19.5 Å². The second-order valence-electron chi connectivity index (χ2n) is 7.37. The molecule has 1 aromatic rings. The number of aryl methyl sites for hydroxylation is 1. The molecular weight excluding hydrogens is 260 g/mol. The molecule has 21 heavy (non-hydrogen) atoms. The van der Waals surface area contributed by atoms with Crippen molar-refractivity contribution in [1.82, 2.24) is 4.90 Å². The van der Waals surface area contributed by atoms with E-state index in [1.54, 1.807) is 0 Å². The third-order valence-electron chi connectivity index (χ3n) is 4.16. The standard InChI is InChI=1S/C18H30N2O/c1-6-14-7-9-15(10-8-14)16(11-19)20-12-17(2,3)21-18(4,5)13-20/h7-10,16H,6,11-13,19H2,1-5H3. The minimum absolute atomic E-state index is 0.140. The summed E-state index contributed by atoms with van der Waals surface area (Å²) in [4.78, 5) is 2.48. The van der Waals surface area contributed by atoms with Gasteiger partial charge in [0.25, 0.3) is 0 Å². The van der Waals surface area contributed by atoms with E-state index in [0.29, 0.717) is 6.54 Å². The van der Waals surface area contributed by atoms with Gasteiger partial charge in [0.15, 0.2) is 0 Å². The van der Waals surface area contributed by atoms with Gasteiger partial charge >= 0.3 is 0 Å². The molecule has 118 valence electrons. The number of rotatable bonds is 4. The van der Waals surface area contributed by atoms with Crippen LogP contribution < -0.4 is 5.73 Å². The van der Waals surface area contributed by atoms with Crippen LogP contribution in [0.4, 0.5) is 0 Å². The second kappa shape index (κ2) is 6.07. The van der Waals surface area contributed by atoms with Gasteiger partial charge in [0.05, 0.1) is 11.2 Å². The first-order chi connectivity index (χ1) is 9.76. The zero-order valence-corrected chi connectivity index (χ0v) is 14.1. The van der Waals surface area contributed by atoms with Crippen LogP contribution in [0.5, 0.6) is 0 Å². The van der Waals surface area contributed by atoms with Crippen molar-refractivity contribution in [3.63, 3.8) is 0 Å². The van der Waals surface area contributed by atoms with Gasteiger partial charge in [0, 0.05) is 25.7 Å². The van der Waals surface area contributed by atoms with E-state index in [1.165, 1.54) is 11.1 Å². The number of hydrogen-bond acceptors (Lipinski definition) is 3. The first-order valence-electron chi connectivity index (χ1n) is 7.99. The number of ether oxygens (including phenoxy) is 1. The van der Waals surface area contributed by atoms with E-state index in [2.05, 4.69) is 63.8 Å². The van der Waals surface area contributed by atoms with E-state index >= 15 is 0 Å². The summed E-state index contributed by atoms with van der Waals surface area (Å²) >= 11 is 0. The summed E-state index contributed by atoms with van der Waals surface area (Å²) in [5.41, 5.74) is 8.50. The maximum Gasteiger partial charge on any atom is 0.0761 e. The number of nitrogens with zero attached hydrogens (tertiary/aromatic N) is 1. The Balaban J connectivity index is 2.23. The van der Waals surface area contributed by atoms with Gasteiger partial charge in [-0.05, 0) is 45.2 Å². The average molecular weight is 290 g/mol. The molecule has 0 spiro atoms.